The first-order valence-electron chi connectivity index (χ1n) is 7.50. The van der Waals surface area contributed by atoms with E-state index in [1.807, 2.05) is 49.7 Å². The van der Waals surface area contributed by atoms with Crippen molar-refractivity contribution in [3.8, 4) is 5.75 Å². The number of aryl methyl sites for hydroxylation is 1. The first-order valence-corrected chi connectivity index (χ1v) is 9.20. The van der Waals surface area contributed by atoms with Gasteiger partial charge in [0.25, 0.3) is 5.91 Å². The maximum Gasteiger partial charge on any atom is 0.258 e. The van der Waals surface area contributed by atoms with E-state index in [2.05, 4.69) is 10.3 Å². The van der Waals surface area contributed by atoms with Gasteiger partial charge in [0, 0.05) is 27.8 Å². The molecule has 1 amide bonds. The minimum atomic E-state index is -0.0952. The fourth-order valence-corrected chi connectivity index (χ4v) is 4.00. The van der Waals surface area contributed by atoms with Crippen LogP contribution in [0.25, 0.3) is 0 Å². The third kappa shape index (κ3) is 3.66. The molecule has 3 aromatic rings. The summed E-state index contributed by atoms with van der Waals surface area (Å²) in [6, 6.07) is 7.96. The van der Waals surface area contributed by atoms with Gasteiger partial charge < -0.3 is 4.74 Å². The molecule has 0 saturated carbocycles. The lowest BCUT2D eigenvalue weighted by molar-refractivity contribution is 0.102. The number of hydrogen-bond donors (Lipinski definition) is 1. The number of ether oxygens (including phenoxy) is 1. The Hall–Kier alpha value is -2.18. The molecule has 2 aromatic heterocycles. The number of amides is 1. The van der Waals surface area contributed by atoms with E-state index < -0.39 is 0 Å². The second kappa shape index (κ2) is 7.15. The van der Waals surface area contributed by atoms with Crippen LogP contribution in [-0.2, 0) is 6.42 Å². The summed E-state index contributed by atoms with van der Waals surface area (Å²) in [5.41, 5.74) is 2.94. The molecule has 0 radical (unpaired) electrons. The topological polar surface area (TPSA) is 51.2 Å². The quantitative estimate of drug-likeness (QED) is 0.721. The van der Waals surface area contributed by atoms with Crippen molar-refractivity contribution in [1.82, 2.24) is 4.98 Å². The molecule has 24 heavy (non-hydrogen) atoms. The van der Waals surface area contributed by atoms with Gasteiger partial charge in [-0.25, -0.2) is 4.98 Å². The zero-order chi connectivity index (χ0) is 17.1. The van der Waals surface area contributed by atoms with Gasteiger partial charge in [-0.3, -0.25) is 10.1 Å². The Bertz CT molecular complexity index is 850. The van der Waals surface area contributed by atoms with E-state index in [1.165, 1.54) is 21.8 Å². The number of nitrogens with one attached hydrogen (secondary N) is 1. The average Bonchev–Trinajstić information content (AvgIpc) is 3.15. The second-order valence-electron chi connectivity index (χ2n) is 5.44. The first kappa shape index (κ1) is 16.7. The van der Waals surface area contributed by atoms with Crippen LogP contribution >= 0.6 is 22.7 Å². The third-order valence-electron chi connectivity index (χ3n) is 3.84. The average molecular weight is 358 g/mol. The summed E-state index contributed by atoms with van der Waals surface area (Å²) in [5.74, 6) is 0.750. The summed E-state index contributed by atoms with van der Waals surface area (Å²) in [5, 5.41) is 5.42. The fraction of sp³-hybridized carbons (Fsp3) is 0.222. The third-order valence-corrected chi connectivity index (χ3v) is 5.77. The summed E-state index contributed by atoms with van der Waals surface area (Å²) < 4.78 is 5.16. The van der Waals surface area contributed by atoms with Crippen LogP contribution in [0.3, 0.4) is 0 Å². The highest BCUT2D eigenvalue weighted by atomic mass is 32.1. The number of anilines is 1. The summed E-state index contributed by atoms with van der Waals surface area (Å²) in [7, 11) is 1.66. The van der Waals surface area contributed by atoms with Crippen molar-refractivity contribution in [3.05, 3.63) is 62.3 Å². The lowest BCUT2D eigenvalue weighted by Gasteiger charge is -2.02. The predicted molar refractivity (Wildman–Crippen MR) is 99.7 cm³/mol. The van der Waals surface area contributed by atoms with Crippen LogP contribution in [0.4, 0.5) is 5.13 Å². The molecular formula is C18H18N2O2S2. The van der Waals surface area contributed by atoms with Crippen molar-refractivity contribution < 1.29 is 9.53 Å². The van der Waals surface area contributed by atoms with Crippen molar-refractivity contribution in [3.63, 3.8) is 0 Å². The fourth-order valence-electron chi connectivity index (χ4n) is 2.29. The summed E-state index contributed by atoms with van der Waals surface area (Å²) in [6.07, 6.45) is 2.60. The molecule has 4 nitrogen and oxygen atoms in total. The SMILES string of the molecule is COc1ccc(Cc2cnc(NC(=O)c3csc(C)c3C)s2)cc1. The van der Waals surface area contributed by atoms with Crippen LogP contribution in [0.5, 0.6) is 5.75 Å². The van der Waals surface area contributed by atoms with Crippen LogP contribution in [0.2, 0.25) is 0 Å². The number of hydrogen-bond acceptors (Lipinski definition) is 5. The van der Waals surface area contributed by atoms with E-state index in [1.54, 1.807) is 18.4 Å². The molecule has 2 heterocycles. The molecule has 0 aliphatic rings. The van der Waals surface area contributed by atoms with E-state index in [9.17, 15) is 4.79 Å². The van der Waals surface area contributed by atoms with E-state index >= 15 is 0 Å². The van der Waals surface area contributed by atoms with Crippen molar-refractivity contribution in [1.29, 1.82) is 0 Å². The van der Waals surface area contributed by atoms with Crippen molar-refractivity contribution in [2.45, 2.75) is 20.3 Å². The summed E-state index contributed by atoms with van der Waals surface area (Å²) in [4.78, 5) is 18.9. The molecule has 0 aliphatic heterocycles. The van der Waals surface area contributed by atoms with Gasteiger partial charge in [0.1, 0.15) is 5.75 Å². The van der Waals surface area contributed by atoms with E-state index in [0.29, 0.717) is 5.13 Å². The standard InChI is InChI=1S/C18H18N2O2S2/c1-11-12(2)23-10-16(11)17(21)20-18-19-9-15(24-18)8-13-4-6-14(22-3)7-5-13/h4-7,9-10H,8H2,1-3H3,(H,19,20,21). The van der Waals surface area contributed by atoms with Gasteiger partial charge in [0.2, 0.25) is 0 Å². The van der Waals surface area contributed by atoms with Gasteiger partial charge in [0.05, 0.1) is 12.7 Å². The lowest BCUT2D eigenvalue weighted by atomic mass is 10.1. The van der Waals surface area contributed by atoms with E-state index in [4.69, 9.17) is 4.74 Å². The van der Waals surface area contributed by atoms with Crippen molar-refractivity contribution in [2.24, 2.45) is 0 Å². The van der Waals surface area contributed by atoms with Crippen LogP contribution in [0.15, 0.2) is 35.8 Å². The number of benzene rings is 1. The number of rotatable bonds is 5. The molecule has 0 aliphatic carbocycles. The number of aromatic nitrogens is 1. The van der Waals surface area contributed by atoms with Gasteiger partial charge >= 0.3 is 0 Å². The molecule has 0 bridgehead atoms. The molecule has 1 N–H and O–H groups in total. The van der Waals surface area contributed by atoms with Crippen molar-refractivity contribution in [2.75, 3.05) is 12.4 Å². The van der Waals surface area contributed by atoms with E-state index in [0.717, 1.165) is 28.2 Å². The normalized spacial score (nSPS) is 10.6. The molecule has 1 aromatic carbocycles. The molecular weight excluding hydrogens is 340 g/mol. The first-order chi connectivity index (χ1) is 11.6. The molecule has 0 saturated heterocycles. The number of methoxy groups -OCH3 is 1. The largest absolute Gasteiger partial charge is 0.497 e. The number of thiophene rings is 1. The predicted octanol–water partition coefficient (Wildman–Crippen LogP) is 4.67. The van der Waals surface area contributed by atoms with Crippen LogP contribution in [-0.4, -0.2) is 18.0 Å². The molecule has 0 spiro atoms. The van der Waals surface area contributed by atoms with Gasteiger partial charge in [-0.15, -0.1) is 22.7 Å². The molecule has 124 valence electrons. The Morgan fingerprint density at radius 3 is 2.62 bits per heavy atom. The van der Waals surface area contributed by atoms with Gasteiger partial charge in [0.15, 0.2) is 5.13 Å². The minimum absolute atomic E-state index is 0.0952. The highest BCUT2D eigenvalue weighted by molar-refractivity contribution is 7.15. The van der Waals surface area contributed by atoms with Crippen LogP contribution in [0, 0.1) is 13.8 Å². The molecule has 3 rings (SSSR count). The molecule has 0 atom stereocenters. The minimum Gasteiger partial charge on any atom is -0.497 e. The molecule has 6 heteroatoms. The maximum absolute atomic E-state index is 12.3. The zero-order valence-corrected chi connectivity index (χ0v) is 15.4. The maximum atomic E-state index is 12.3. The highest BCUT2D eigenvalue weighted by Gasteiger charge is 2.14. The Kier molecular flexibility index (Phi) is 4.97. The Morgan fingerprint density at radius 2 is 2.00 bits per heavy atom. The highest BCUT2D eigenvalue weighted by Crippen LogP contribution is 2.25. The zero-order valence-electron chi connectivity index (χ0n) is 13.8. The second-order valence-corrected chi connectivity index (χ2v) is 7.64. The van der Waals surface area contributed by atoms with E-state index in [-0.39, 0.29) is 5.91 Å². The lowest BCUT2D eigenvalue weighted by Crippen LogP contribution is -2.11. The van der Waals surface area contributed by atoms with Crippen LogP contribution in [0.1, 0.15) is 31.2 Å². The molecule has 0 unspecified atom stereocenters. The monoisotopic (exact) mass is 358 g/mol. The van der Waals surface area contributed by atoms with Gasteiger partial charge in [-0.1, -0.05) is 12.1 Å². The van der Waals surface area contributed by atoms with Crippen molar-refractivity contribution >= 4 is 33.7 Å². The smallest absolute Gasteiger partial charge is 0.258 e. The molecule has 0 fully saturated rings. The number of carbonyl (C=O) groups excluding carboxylic acids is 1. The van der Waals surface area contributed by atoms with Crippen LogP contribution < -0.4 is 10.1 Å². The number of thiazole rings is 1. The summed E-state index contributed by atoms with van der Waals surface area (Å²) >= 11 is 3.09. The number of nitrogens with zero attached hydrogens (tertiary/aromatic N) is 1. The summed E-state index contributed by atoms with van der Waals surface area (Å²) in [6.45, 7) is 3.99. The Labute approximate surface area is 149 Å². The number of carbonyl (C=O) groups is 1. The Morgan fingerprint density at radius 1 is 1.25 bits per heavy atom. The Balaban J connectivity index is 1.66. The van der Waals surface area contributed by atoms with Gasteiger partial charge in [-0.2, -0.15) is 0 Å². The van der Waals surface area contributed by atoms with Gasteiger partial charge in [-0.05, 0) is 37.1 Å².